The lowest BCUT2D eigenvalue weighted by atomic mass is 10.0. The van der Waals surface area contributed by atoms with E-state index < -0.39 is 0 Å². The zero-order valence-electron chi connectivity index (χ0n) is 16.3. The Morgan fingerprint density at radius 3 is 2.87 bits per heavy atom. The van der Waals surface area contributed by atoms with Gasteiger partial charge in [-0.3, -0.25) is 9.78 Å². The van der Waals surface area contributed by atoms with Crippen molar-refractivity contribution in [3.05, 3.63) is 80.7 Å². The Bertz CT molecular complexity index is 1060. The molecule has 2 N–H and O–H groups in total. The van der Waals surface area contributed by atoms with Crippen molar-refractivity contribution < 1.29 is 4.79 Å². The van der Waals surface area contributed by atoms with Crippen molar-refractivity contribution in [2.75, 3.05) is 11.9 Å². The summed E-state index contributed by atoms with van der Waals surface area (Å²) in [7, 11) is 0. The number of thiophene rings is 1. The second-order valence-electron chi connectivity index (χ2n) is 7.15. The van der Waals surface area contributed by atoms with Crippen LogP contribution in [0.4, 0.5) is 5.69 Å². The van der Waals surface area contributed by atoms with Gasteiger partial charge < -0.3 is 15.5 Å². The van der Waals surface area contributed by atoms with Crippen molar-refractivity contribution in [2.24, 2.45) is 0 Å². The van der Waals surface area contributed by atoms with E-state index in [0.29, 0.717) is 18.1 Å². The van der Waals surface area contributed by atoms with Gasteiger partial charge in [0.05, 0.1) is 17.8 Å². The van der Waals surface area contributed by atoms with Gasteiger partial charge in [-0.25, -0.2) is 0 Å². The SMILES string of the molecule is Cc1cccc(NC(=O)CCN2C(=S)N[C@H](c3ccccn3)[C@@H]2c2cc(Br)cs2)c1. The van der Waals surface area contributed by atoms with E-state index in [4.69, 9.17) is 12.2 Å². The number of pyridine rings is 1. The van der Waals surface area contributed by atoms with E-state index in [2.05, 4.69) is 47.9 Å². The summed E-state index contributed by atoms with van der Waals surface area (Å²) in [4.78, 5) is 20.4. The van der Waals surface area contributed by atoms with Gasteiger partial charge in [-0.15, -0.1) is 11.3 Å². The third-order valence-corrected chi connectivity index (χ3v) is 7.08. The fraction of sp³-hybridized carbons (Fsp3) is 0.227. The zero-order chi connectivity index (χ0) is 21.1. The summed E-state index contributed by atoms with van der Waals surface area (Å²) >= 11 is 10.9. The summed E-state index contributed by atoms with van der Waals surface area (Å²) in [5.74, 6) is -0.0317. The Hall–Kier alpha value is -2.29. The fourth-order valence-corrected chi connectivity index (χ4v) is 5.53. The van der Waals surface area contributed by atoms with Crippen molar-refractivity contribution in [3.63, 3.8) is 0 Å². The number of carbonyl (C=O) groups is 1. The number of thiocarbonyl (C=S) groups is 1. The predicted octanol–water partition coefficient (Wildman–Crippen LogP) is 5.22. The first-order valence-electron chi connectivity index (χ1n) is 9.60. The fourth-order valence-electron chi connectivity index (χ4n) is 3.61. The van der Waals surface area contributed by atoms with Gasteiger partial charge in [-0.05, 0) is 71.0 Å². The first kappa shape index (κ1) is 21.0. The molecule has 1 aliphatic rings. The van der Waals surface area contributed by atoms with Crippen LogP contribution in [-0.2, 0) is 4.79 Å². The molecule has 3 heterocycles. The van der Waals surface area contributed by atoms with Crippen LogP contribution in [0.5, 0.6) is 0 Å². The molecule has 1 aromatic carbocycles. The predicted molar refractivity (Wildman–Crippen MR) is 129 cm³/mol. The number of hydrogen-bond donors (Lipinski definition) is 2. The second kappa shape index (κ2) is 9.24. The van der Waals surface area contributed by atoms with Gasteiger partial charge in [0.15, 0.2) is 5.11 Å². The Morgan fingerprint density at radius 2 is 2.17 bits per heavy atom. The van der Waals surface area contributed by atoms with Gasteiger partial charge in [-0.2, -0.15) is 0 Å². The quantitative estimate of drug-likeness (QED) is 0.454. The Balaban J connectivity index is 1.51. The molecule has 2 atom stereocenters. The van der Waals surface area contributed by atoms with E-state index in [9.17, 15) is 4.79 Å². The number of benzene rings is 1. The number of halogens is 1. The van der Waals surface area contributed by atoms with Gasteiger partial charge in [0, 0.05) is 39.6 Å². The summed E-state index contributed by atoms with van der Waals surface area (Å²) in [5, 5.41) is 9.10. The summed E-state index contributed by atoms with van der Waals surface area (Å²) in [6.45, 7) is 2.53. The molecular weight excluding hydrogens is 480 g/mol. The van der Waals surface area contributed by atoms with Crippen LogP contribution < -0.4 is 10.6 Å². The highest BCUT2D eigenvalue weighted by Crippen LogP contribution is 2.41. The third kappa shape index (κ3) is 4.71. The monoisotopic (exact) mass is 500 g/mol. The van der Waals surface area contributed by atoms with Gasteiger partial charge in [0.25, 0.3) is 0 Å². The molecule has 2 aromatic heterocycles. The van der Waals surface area contributed by atoms with Crippen LogP contribution >= 0.6 is 39.5 Å². The molecule has 0 radical (unpaired) electrons. The van der Waals surface area contributed by atoms with Crippen LogP contribution in [0.25, 0.3) is 0 Å². The lowest BCUT2D eigenvalue weighted by Gasteiger charge is -2.26. The molecule has 1 aliphatic heterocycles. The average molecular weight is 501 g/mol. The highest BCUT2D eigenvalue weighted by atomic mass is 79.9. The molecule has 0 bridgehead atoms. The second-order valence-corrected chi connectivity index (χ2v) is 9.40. The van der Waals surface area contributed by atoms with E-state index in [-0.39, 0.29) is 18.0 Å². The van der Waals surface area contributed by atoms with E-state index in [1.54, 1.807) is 17.5 Å². The van der Waals surface area contributed by atoms with Gasteiger partial charge in [-0.1, -0.05) is 18.2 Å². The average Bonchev–Trinajstić information content (AvgIpc) is 3.30. The summed E-state index contributed by atoms with van der Waals surface area (Å²) in [5.41, 5.74) is 2.85. The smallest absolute Gasteiger partial charge is 0.226 e. The summed E-state index contributed by atoms with van der Waals surface area (Å²) < 4.78 is 1.04. The van der Waals surface area contributed by atoms with Crippen molar-refractivity contribution >= 4 is 56.2 Å². The normalized spacial score (nSPS) is 18.3. The molecule has 4 rings (SSSR count). The van der Waals surface area contributed by atoms with Crippen LogP contribution in [-0.4, -0.2) is 27.4 Å². The lowest BCUT2D eigenvalue weighted by molar-refractivity contribution is -0.116. The topological polar surface area (TPSA) is 57.3 Å². The van der Waals surface area contributed by atoms with Crippen molar-refractivity contribution in [1.29, 1.82) is 0 Å². The van der Waals surface area contributed by atoms with Crippen molar-refractivity contribution in [1.82, 2.24) is 15.2 Å². The number of hydrogen-bond acceptors (Lipinski definition) is 4. The Labute approximate surface area is 193 Å². The van der Waals surface area contributed by atoms with E-state index >= 15 is 0 Å². The highest BCUT2D eigenvalue weighted by molar-refractivity contribution is 9.10. The number of carbonyl (C=O) groups excluding carboxylic acids is 1. The molecule has 30 heavy (non-hydrogen) atoms. The zero-order valence-corrected chi connectivity index (χ0v) is 19.6. The molecule has 0 spiro atoms. The van der Waals surface area contributed by atoms with Gasteiger partial charge in [0.1, 0.15) is 0 Å². The number of amides is 1. The van der Waals surface area contributed by atoms with E-state index in [0.717, 1.165) is 21.4 Å². The van der Waals surface area contributed by atoms with Crippen molar-refractivity contribution in [3.8, 4) is 0 Å². The minimum Gasteiger partial charge on any atom is -0.352 e. The molecule has 1 fully saturated rings. The number of nitrogens with one attached hydrogen (secondary N) is 2. The molecule has 3 aromatic rings. The first-order chi connectivity index (χ1) is 14.5. The number of anilines is 1. The van der Waals surface area contributed by atoms with Crippen LogP contribution in [0.1, 0.15) is 34.6 Å². The number of nitrogens with zero attached hydrogens (tertiary/aromatic N) is 2. The van der Waals surface area contributed by atoms with Crippen LogP contribution in [0.3, 0.4) is 0 Å². The molecule has 1 saturated heterocycles. The minimum absolute atomic E-state index is 0.0181. The standard InChI is InChI=1S/C22H21BrN4OS2/c1-14-5-4-6-16(11-14)25-19(28)8-10-27-21(18-12-15(23)13-30-18)20(26-22(27)29)17-7-2-3-9-24-17/h2-7,9,11-13,20-21H,8,10H2,1H3,(H,25,28)(H,26,29)/t20-,21+/m1/s1. The number of aromatic nitrogens is 1. The summed E-state index contributed by atoms with van der Waals surface area (Å²) in [6.07, 6.45) is 2.13. The molecule has 1 amide bonds. The minimum atomic E-state index is -0.0657. The lowest BCUT2D eigenvalue weighted by Crippen LogP contribution is -2.32. The Morgan fingerprint density at radius 1 is 1.30 bits per heavy atom. The first-order valence-corrected chi connectivity index (χ1v) is 11.7. The molecule has 5 nitrogen and oxygen atoms in total. The molecule has 0 aliphatic carbocycles. The maximum atomic E-state index is 12.6. The van der Waals surface area contributed by atoms with Crippen LogP contribution in [0.2, 0.25) is 0 Å². The van der Waals surface area contributed by atoms with E-state index in [1.807, 2.05) is 49.4 Å². The summed E-state index contributed by atoms with van der Waals surface area (Å²) in [6, 6.07) is 15.7. The number of rotatable bonds is 6. The van der Waals surface area contributed by atoms with Gasteiger partial charge >= 0.3 is 0 Å². The molecule has 154 valence electrons. The highest BCUT2D eigenvalue weighted by Gasteiger charge is 2.40. The molecule has 0 saturated carbocycles. The molecule has 8 heteroatoms. The maximum absolute atomic E-state index is 12.6. The molecule has 0 unspecified atom stereocenters. The largest absolute Gasteiger partial charge is 0.352 e. The number of aryl methyl sites for hydroxylation is 1. The third-order valence-electron chi connectivity index (χ3n) is 4.96. The van der Waals surface area contributed by atoms with Crippen molar-refractivity contribution in [2.45, 2.75) is 25.4 Å². The molecular formula is C22H21BrN4OS2. The van der Waals surface area contributed by atoms with Crippen LogP contribution in [0.15, 0.2) is 64.6 Å². The van der Waals surface area contributed by atoms with Crippen LogP contribution in [0, 0.1) is 6.92 Å². The Kier molecular flexibility index (Phi) is 6.46. The maximum Gasteiger partial charge on any atom is 0.226 e. The van der Waals surface area contributed by atoms with E-state index in [1.165, 1.54) is 4.88 Å². The van der Waals surface area contributed by atoms with Gasteiger partial charge in [0.2, 0.25) is 5.91 Å².